The van der Waals surface area contributed by atoms with Crippen LogP contribution in [0.4, 0.5) is 5.69 Å². The van der Waals surface area contributed by atoms with Crippen molar-refractivity contribution in [1.82, 2.24) is 0 Å². The van der Waals surface area contributed by atoms with Crippen LogP contribution in [0, 0.1) is 0 Å². The van der Waals surface area contributed by atoms with Gasteiger partial charge in [0.1, 0.15) is 17.4 Å². The summed E-state index contributed by atoms with van der Waals surface area (Å²) < 4.78 is 15.2. The average molecular weight is 239 g/mol. The highest BCUT2D eigenvalue weighted by Gasteiger charge is 2.18. The number of methoxy groups -OCH3 is 2. The van der Waals surface area contributed by atoms with Crippen LogP contribution >= 0.6 is 0 Å². The topological polar surface area (TPSA) is 70.8 Å². The molecule has 0 aromatic heterocycles. The van der Waals surface area contributed by atoms with Crippen molar-refractivity contribution in [3.8, 4) is 5.75 Å². The molecule has 0 aliphatic rings. The summed E-state index contributed by atoms with van der Waals surface area (Å²) in [5.41, 5.74) is 6.32. The first-order valence-electron chi connectivity index (χ1n) is 5.22. The number of carbonyl (C=O) groups excluding carboxylic acids is 1. The number of hydrogen-bond donors (Lipinski definition) is 1. The lowest BCUT2D eigenvalue weighted by Gasteiger charge is -2.16. The van der Waals surface area contributed by atoms with Gasteiger partial charge in [-0.05, 0) is 19.1 Å². The first kappa shape index (κ1) is 13.3. The molecule has 1 aromatic carbocycles. The van der Waals surface area contributed by atoms with Crippen LogP contribution in [0.3, 0.4) is 0 Å². The second-order valence-electron chi connectivity index (χ2n) is 3.60. The zero-order valence-corrected chi connectivity index (χ0v) is 10.2. The fraction of sp³-hybridized carbons (Fsp3) is 0.417. The molecule has 0 spiro atoms. The van der Waals surface area contributed by atoms with Crippen LogP contribution in [0.25, 0.3) is 0 Å². The molecule has 1 unspecified atom stereocenters. The number of esters is 1. The highest BCUT2D eigenvalue weighted by atomic mass is 16.5. The highest BCUT2D eigenvalue weighted by molar-refractivity contribution is 5.98. The standard InChI is InChI=1S/C12H17NO4/c1-8(7-15-2)17-10-6-4-5-9(13)11(10)12(14)16-3/h4-6,8H,7,13H2,1-3H3. The Morgan fingerprint density at radius 2 is 2.12 bits per heavy atom. The molecule has 0 saturated heterocycles. The van der Waals surface area contributed by atoms with Crippen molar-refractivity contribution < 1.29 is 19.0 Å². The highest BCUT2D eigenvalue weighted by Crippen LogP contribution is 2.26. The van der Waals surface area contributed by atoms with E-state index in [1.54, 1.807) is 25.3 Å². The summed E-state index contributed by atoms with van der Waals surface area (Å²) in [6, 6.07) is 5.02. The van der Waals surface area contributed by atoms with Gasteiger partial charge in [-0.1, -0.05) is 6.07 Å². The third-order valence-electron chi connectivity index (χ3n) is 2.18. The van der Waals surface area contributed by atoms with Crippen molar-refractivity contribution >= 4 is 11.7 Å². The second kappa shape index (κ2) is 6.10. The van der Waals surface area contributed by atoms with Gasteiger partial charge in [0.2, 0.25) is 0 Å². The molecule has 0 amide bonds. The molecule has 2 N–H and O–H groups in total. The van der Waals surface area contributed by atoms with Gasteiger partial charge >= 0.3 is 5.97 Å². The Kier molecular flexibility index (Phi) is 4.78. The molecule has 0 radical (unpaired) electrons. The minimum absolute atomic E-state index is 0.176. The molecule has 0 aliphatic carbocycles. The van der Waals surface area contributed by atoms with E-state index in [-0.39, 0.29) is 11.7 Å². The molecular formula is C12H17NO4. The van der Waals surface area contributed by atoms with E-state index in [0.717, 1.165) is 0 Å². The summed E-state index contributed by atoms with van der Waals surface area (Å²) in [5, 5.41) is 0. The number of benzene rings is 1. The van der Waals surface area contributed by atoms with Gasteiger partial charge in [0.15, 0.2) is 0 Å². The van der Waals surface area contributed by atoms with Crippen molar-refractivity contribution in [2.75, 3.05) is 26.6 Å². The average Bonchev–Trinajstić information content (AvgIpc) is 2.28. The summed E-state index contributed by atoms with van der Waals surface area (Å²) in [7, 11) is 2.89. The lowest BCUT2D eigenvalue weighted by Crippen LogP contribution is -2.20. The number of anilines is 1. The molecule has 5 nitrogen and oxygen atoms in total. The normalized spacial score (nSPS) is 11.9. The third-order valence-corrected chi connectivity index (χ3v) is 2.18. The van der Waals surface area contributed by atoms with Crippen molar-refractivity contribution in [1.29, 1.82) is 0 Å². The summed E-state index contributed by atoms with van der Waals surface area (Å²) in [6.07, 6.45) is -0.176. The first-order valence-corrected chi connectivity index (χ1v) is 5.22. The van der Waals surface area contributed by atoms with Gasteiger partial charge in [0.05, 0.1) is 13.7 Å². The number of hydrogen-bond acceptors (Lipinski definition) is 5. The van der Waals surface area contributed by atoms with Crippen LogP contribution in [-0.2, 0) is 9.47 Å². The Morgan fingerprint density at radius 1 is 1.41 bits per heavy atom. The monoisotopic (exact) mass is 239 g/mol. The van der Waals surface area contributed by atoms with Crippen molar-refractivity contribution in [2.45, 2.75) is 13.0 Å². The lowest BCUT2D eigenvalue weighted by atomic mass is 10.1. The molecule has 1 atom stereocenters. The van der Waals surface area contributed by atoms with Gasteiger partial charge < -0.3 is 19.9 Å². The fourth-order valence-electron chi connectivity index (χ4n) is 1.45. The number of nitrogens with two attached hydrogens (primary N) is 1. The Bertz CT molecular complexity index is 392. The van der Waals surface area contributed by atoms with Crippen LogP contribution in [0.2, 0.25) is 0 Å². The van der Waals surface area contributed by atoms with Crippen LogP contribution in [0.5, 0.6) is 5.75 Å². The van der Waals surface area contributed by atoms with E-state index in [4.69, 9.17) is 15.2 Å². The van der Waals surface area contributed by atoms with Crippen LogP contribution in [0.1, 0.15) is 17.3 Å². The summed E-state index contributed by atoms with van der Waals surface area (Å²) in [6.45, 7) is 2.27. The third kappa shape index (κ3) is 3.35. The summed E-state index contributed by atoms with van der Waals surface area (Å²) >= 11 is 0. The SMILES string of the molecule is COCC(C)Oc1cccc(N)c1C(=O)OC. The minimum Gasteiger partial charge on any atom is -0.487 e. The van der Waals surface area contributed by atoms with Crippen LogP contribution < -0.4 is 10.5 Å². The molecule has 94 valence electrons. The Labute approximate surface area is 100 Å². The quantitative estimate of drug-likeness (QED) is 0.622. The first-order chi connectivity index (χ1) is 8.10. The van der Waals surface area contributed by atoms with Gasteiger partial charge in [-0.2, -0.15) is 0 Å². The van der Waals surface area contributed by atoms with E-state index in [1.807, 2.05) is 6.92 Å². The zero-order chi connectivity index (χ0) is 12.8. The molecule has 0 fully saturated rings. The molecule has 17 heavy (non-hydrogen) atoms. The van der Waals surface area contributed by atoms with E-state index in [1.165, 1.54) is 7.11 Å². The molecule has 1 rings (SSSR count). The van der Waals surface area contributed by atoms with Crippen molar-refractivity contribution in [3.05, 3.63) is 23.8 Å². The van der Waals surface area contributed by atoms with Crippen LogP contribution in [0.15, 0.2) is 18.2 Å². The van der Waals surface area contributed by atoms with Gasteiger partial charge in [-0.3, -0.25) is 0 Å². The lowest BCUT2D eigenvalue weighted by molar-refractivity contribution is 0.0584. The van der Waals surface area contributed by atoms with E-state index in [2.05, 4.69) is 4.74 Å². The van der Waals surface area contributed by atoms with Crippen LogP contribution in [-0.4, -0.2) is 32.9 Å². The van der Waals surface area contributed by atoms with Gasteiger partial charge in [-0.15, -0.1) is 0 Å². The Morgan fingerprint density at radius 3 is 2.71 bits per heavy atom. The largest absolute Gasteiger partial charge is 0.487 e. The van der Waals surface area contributed by atoms with Gasteiger partial charge in [0.25, 0.3) is 0 Å². The number of nitrogen functional groups attached to an aromatic ring is 1. The molecule has 0 bridgehead atoms. The van der Waals surface area contributed by atoms with E-state index in [9.17, 15) is 4.79 Å². The minimum atomic E-state index is -0.511. The summed E-state index contributed by atoms with van der Waals surface area (Å²) in [5.74, 6) is -0.107. The van der Waals surface area contributed by atoms with Gasteiger partial charge in [-0.25, -0.2) is 4.79 Å². The van der Waals surface area contributed by atoms with E-state index < -0.39 is 5.97 Å². The van der Waals surface area contributed by atoms with Crippen molar-refractivity contribution in [2.24, 2.45) is 0 Å². The molecule has 1 aromatic rings. The smallest absolute Gasteiger partial charge is 0.343 e. The predicted octanol–water partition coefficient (Wildman–Crippen LogP) is 1.47. The maximum absolute atomic E-state index is 11.6. The second-order valence-corrected chi connectivity index (χ2v) is 3.60. The maximum atomic E-state index is 11.6. The Hall–Kier alpha value is -1.75. The summed E-state index contributed by atoms with van der Waals surface area (Å²) in [4.78, 5) is 11.6. The molecule has 0 heterocycles. The molecule has 0 aliphatic heterocycles. The molecule has 5 heteroatoms. The van der Waals surface area contributed by atoms with E-state index >= 15 is 0 Å². The van der Waals surface area contributed by atoms with Gasteiger partial charge in [0, 0.05) is 12.8 Å². The van der Waals surface area contributed by atoms with E-state index in [0.29, 0.717) is 18.0 Å². The number of carbonyl (C=O) groups is 1. The Balaban J connectivity index is 2.98. The predicted molar refractivity (Wildman–Crippen MR) is 64.2 cm³/mol. The number of ether oxygens (including phenoxy) is 3. The molecule has 0 saturated carbocycles. The fourth-order valence-corrected chi connectivity index (χ4v) is 1.45. The number of rotatable bonds is 5. The van der Waals surface area contributed by atoms with Crippen molar-refractivity contribution in [3.63, 3.8) is 0 Å². The zero-order valence-electron chi connectivity index (χ0n) is 10.2. The molecular weight excluding hydrogens is 222 g/mol. The maximum Gasteiger partial charge on any atom is 0.343 e.